The fourth-order valence-corrected chi connectivity index (χ4v) is 1.90. The van der Waals surface area contributed by atoms with Crippen LogP contribution in [0.25, 0.3) is 0 Å². The summed E-state index contributed by atoms with van der Waals surface area (Å²) in [6, 6.07) is 9.18. The highest BCUT2D eigenvalue weighted by Crippen LogP contribution is 2.20. The molecule has 0 saturated carbocycles. The molecule has 0 spiro atoms. The average molecular weight is 380 g/mol. The number of allylic oxidation sites excluding steroid dienone is 1. The summed E-state index contributed by atoms with van der Waals surface area (Å²) in [5.74, 6) is 5.43. The van der Waals surface area contributed by atoms with Gasteiger partial charge in [-0.15, -0.1) is 0 Å². The Morgan fingerprint density at radius 3 is 2.29 bits per heavy atom. The minimum atomic E-state index is -3.59. The number of hydrogen-bond acceptors (Lipinski definition) is 3. The molecule has 1 rings (SSSR count). The summed E-state index contributed by atoms with van der Waals surface area (Å²) in [5, 5.41) is 0. The maximum atomic E-state index is 11.0. The molecule has 1 aromatic rings. The van der Waals surface area contributed by atoms with E-state index in [1.807, 2.05) is 30.3 Å². The van der Waals surface area contributed by atoms with Crippen molar-refractivity contribution in [2.75, 3.05) is 6.26 Å². The smallest absolute Gasteiger partial charge is 0.306 e. The van der Waals surface area contributed by atoms with E-state index >= 15 is 0 Å². The predicted octanol–water partition coefficient (Wildman–Crippen LogP) is 2.97. The van der Waals surface area contributed by atoms with E-state index in [0.29, 0.717) is 3.39 Å². The number of halogens is 2. The van der Waals surface area contributed by atoms with Gasteiger partial charge in [-0.3, -0.25) is 0 Å². The van der Waals surface area contributed by atoms with Crippen molar-refractivity contribution < 1.29 is 12.6 Å². The first-order valence-corrected chi connectivity index (χ1v) is 7.80. The van der Waals surface area contributed by atoms with Crippen molar-refractivity contribution >= 4 is 42.0 Å². The Hall–Kier alpha value is -0.770. The van der Waals surface area contributed by atoms with Crippen LogP contribution in [0.5, 0.6) is 0 Å². The second-order valence-corrected chi connectivity index (χ2v) is 7.22. The normalized spacial score (nSPS) is 10.1. The minimum Gasteiger partial charge on any atom is -0.371 e. The molecule has 90 valence electrons. The highest BCUT2D eigenvalue weighted by atomic mass is 79.9. The summed E-state index contributed by atoms with van der Waals surface area (Å²) in [7, 11) is -3.59. The fraction of sp³-hybridized carbons (Fsp3) is 0.0909. The molecule has 0 radical (unpaired) electrons. The Morgan fingerprint density at radius 1 is 1.24 bits per heavy atom. The molecule has 0 saturated heterocycles. The van der Waals surface area contributed by atoms with Crippen LogP contribution in [0.1, 0.15) is 5.56 Å². The summed E-state index contributed by atoms with van der Waals surface area (Å²) in [5.41, 5.74) is 0.767. The molecule has 0 atom stereocenters. The lowest BCUT2D eigenvalue weighted by atomic mass is 10.2. The average Bonchev–Trinajstić information content (AvgIpc) is 2.24. The zero-order valence-electron chi connectivity index (χ0n) is 8.78. The summed E-state index contributed by atoms with van der Waals surface area (Å²) in [4.78, 5) is 0. The number of benzene rings is 1. The van der Waals surface area contributed by atoms with E-state index in [0.717, 1.165) is 11.8 Å². The first-order chi connectivity index (χ1) is 7.88. The van der Waals surface area contributed by atoms with Crippen molar-refractivity contribution in [1.82, 2.24) is 0 Å². The van der Waals surface area contributed by atoms with Crippen LogP contribution in [0, 0.1) is 11.8 Å². The van der Waals surface area contributed by atoms with Crippen molar-refractivity contribution in [2.24, 2.45) is 0 Å². The van der Waals surface area contributed by atoms with Gasteiger partial charge in [0.15, 0.2) is 0 Å². The van der Waals surface area contributed by atoms with Crippen molar-refractivity contribution in [1.29, 1.82) is 0 Å². The molecule has 0 N–H and O–H groups in total. The van der Waals surface area contributed by atoms with E-state index in [1.165, 1.54) is 0 Å². The molecule has 0 fully saturated rings. The standard InChI is InChI=1S/C11H8Br2O3S/c1-17(14,15)16-10(11(12)13)8-7-9-5-3-2-4-6-9/h2-6H,1H3. The lowest BCUT2D eigenvalue weighted by molar-refractivity contribution is 0.430. The topological polar surface area (TPSA) is 43.4 Å². The number of hydrogen-bond donors (Lipinski definition) is 0. The van der Waals surface area contributed by atoms with E-state index in [4.69, 9.17) is 4.18 Å². The lowest BCUT2D eigenvalue weighted by Crippen LogP contribution is -2.01. The molecule has 3 nitrogen and oxygen atoms in total. The molecular formula is C11H8Br2O3S. The maximum absolute atomic E-state index is 11.0. The fourth-order valence-electron chi connectivity index (χ4n) is 0.901. The molecule has 0 bridgehead atoms. The zero-order chi connectivity index (χ0) is 12.9. The van der Waals surface area contributed by atoms with Crippen molar-refractivity contribution in [2.45, 2.75) is 0 Å². The Bertz CT molecular complexity index is 576. The molecule has 0 aliphatic heterocycles. The number of rotatable bonds is 2. The van der Waals surface area contributed by atoms with E-state index in [2.05, 4.69) is 43.7 Å². The van der Waals surface area contributed by atoms with Gasteiger partial charge < -0.3 is 4.18 Å². The highest BCUT2D eigenvalue weighted by molar-refractivity contribution is 9.28. The van der Waals surface area contributed by atoms with E-state index in [-0.39, 0.29) is 5.76 Å². The van der Waals surface area contributed by atoms with E-state index in [9.17, 15) is 8.42 Å². The van der Waals surface area contributed by atoms with Gasteiger partial charge in [0, 0.05) is 5.56 Å². The van der Waals surface area contributed by atoms with Crippen LogP contribution in [-0.2, 0) is 14.3 Å². The van der Waals surface area contributed by atoms with Gasteiger partial charge in [-0.25, -0.2) is 0 Å². The second-order valence-electron chi connectivity index (χ2n) is 2.99. The lowest BCUT2D eigenvalue weighted by Gasteiger charge is -2.01. The van der Waals surface area contributed by atoms with Crippen molar-refractivity contribution in [3.63, 3.8) is 0 Å². The van der Waals surface area contributed by atoms with Crippen LogP contribution in [-0.4, -0.2) is 14.7 Å². The van der Waals surface area contributed by atoms with Gasteiger partial charge in [-0.1, -0.05) is 24.1 Å². The maximum Gasteiger partial charge on any atom is 0.306 e. The highest BCUT2D eigenvalue weighted by Gasteiger charge is 2.08. The van der Waals surface area contributed by atoms with E-state index < -0.39 is 10.1 Å². The van der Waals surface area contributed by atoms with Crippen LogP contribution in [0.15, 0.2) is 39.5 Å². The van der Waals surface area contributed by atoms with Gasteiger partial charge in [0.05, 0.1) is 6.26 Å². The van der Waals surface area contributed by atoms with Crippen molar-refractivity contribution in [3.8, 4) is 11.8 Å². The van der Waals surface area contributed by atoms with Crippen LogP contribution in [0.2, 0.25) is 0 Å². The Kier molecular flexibility index (Phi) is 5.25. The molecule has 0 heterocycles. The van der Waals surface area contributed by atoms with Crippen molar-refractivity contribution in [3.05, 3.63) is 45.0 Å². The quantitative estimate of drug-likeness (QED) is 0.450. The van der Waals surface area contributed by atoms with Crippen LogP contribution >= 0.6 is 31.9 Å². The summed E-state index contributed by atoms with van der Waals surface area (Å²) < 4.78 is 27.0. The Balaban J connectivity index is 2.99. The molecule has 0 aromatic heterocycles. The van der Waals surface area contributed by atoms with E-state index in [1.54, 1.807) is 0 Å². The summed E-state index contributed by atoms with van der Waals surface area (Å²) >= 11 is 6.14. The van der Waals surface area contributed by atoms with Gasteiger partial charge >= 0.3 is 10.1 Å². The molecule has 0 aliphatic rings. The molecule has 0 aliphatic carbocycles. The monoisotopic (exact) mass is 378 g/mol. The van der Waals surface area contributed by atoms with Crippen LogP contribution in [0.4, 0.5) is 0 Å². The van der Waals surface area contributed by atoms with Crippen LogP contribution in [0.3, 0.4) is 0 Å². The third-order valence-corrected chi connectivity index (χ3v) is 2.69. The largest absolute Gasteiger partial charge is 0.371 e. The molecule has 0 amide bonds. The molecule has 6 heteroatoms. The third-order valence-electron chi connectivity index (χ3n) is 1.50. The first kappa shape index (κ1) is 14.3. The van der Waals surface area contributed by atoms with Gasteiger partial charge in [-0.2, -0.15) is 8.42 Å². The Labute approximate surface area is 117 Å². The summed E-state index contributed by atoms with van der Waals surface area (Å²) in [6.07, 6.45) is 0.958. The predicted molar refractivity (Wildman–Crippen MR) is 74.1 cm³/mol. The van der Waals surface area contributed by atoms with Crippen LogP contribution < -0.4 is 0 Å². The Morgan fingerprint density at radius 2 is 1.82 bits per heavy atom. The van der Waals surface area contributed by atoms with Gasteiger partial charge in [-0.05, 0) is 49.9 Å². The van der Waals surface area contributed by atoms with Gasteiger partial charge in [0.1, 0.15) is 3.39 Å². The molecular weight excluding hydrogens is 372 g/mol. The summed E-state index contributed by atoms with van der Waals surface area (Å²) in [6.45, 7) is 0. The minimum absolute atomic E-state index is 0.0105. The third kappa shape index (κ3) is 5.91. The second kappa shape index (κ2) is 6.24. The van der Waals surface area contributed by atoms with Gasteiger partial charge in [0.2, 0.25) is 5.76 Å². The zero-order valence-corrected chi connectivity index (χ0v) is 12.8. The SMILES string of the molecule is CS(=O)(=O)OC(C#Cc1ccccc1)=C(Br)Br. The van der Waals surface area contributed by atoms with Gasteiger partial charge in [0.25, 0.3) is 0 Å². The molecule has 0 unspecified atom stereocenters. The molecule has 17 heavy (non-hydrogen) atoms. The first-order valence-electron chi connectivity index (χ1n) is 4.40. The molecule has 1 aromatic carbocycles.